The zero-order valence-electron chi connectivity index (χ0n) is 13.0. The van der Waals surface area contributed by atoms with Crippen molar-refractivity contribution in [3.05, 3.63) is 64.4 Å². The topological polar surface area (TPSA) is 70.5 Å². The number of likely N-dealkylation sites (tertiary alicyclic amines) is 1. The number of nitrogens with zero attached hydrogens (tertiary/aromatic N) is 2. The van der Waals surface area contributed by atoms with Gasteiger partial charge < -0.3 is 10.0 Å². The quantitative estimate of drug-likeness (QED) is 0.919. The molecular weight excluding hydrogens is 328 g/mol. The minimum absolute atomic E-state index is 0.0692. The molecule has 124 valence electrons. The first-order chi connectivity index (χ1) is 11.6. The van der Waals surface area contributed by atoms with Gasteiger partial charge in [0, 0.05) is 11.6 Å². The van der Waals surface area contributed by atoms with Gasteiger partial charge >= 0.3 is 5.97 Å². The first-order valence-corrected chi connectivity index (χ1v) is 8.21. The van der Waals surface area contributed by atoms with Crippen molar-refractivity contribution < 1.29 is 14.7 Å². The molecule has 5 nitrogen and oxygen atoms in total. The predicted octanol–water partition coefficient (Wildman–Crippen LogP) is 3.80. The molecule has 3 rings (SSSR count). The van der Waals surface area contributed by atoms with E-state index in [2.05, 4.69) is 4.98 Å². The number of carboxylic acid groups (broad SMARTS) is 1. The van der Waals surface area contributed by atoms with E-state index >= 15 is 0 Å². The van der Waals surface area contributed by atoms with E-state index in [-0.39, 0.29) is 23.3 Å². The van der Waals surface area contributed by atoms with Crippen molar-refractivity contribution in [2.24, 2.45) is 0 Å². The second-order valence-corrected chi connectivity index (χ2v) is 6.21. The van der Waals surface area contributed by atoms with E-state index < -0.39 is 5.97 Å². The number of hydrogen-bond acceptors (Lipinski definition) is 3. The number of rotatable bonds is 3. The van der Waals surface area contributed by atoms with Crippen molar-refractivity contribution in [1.82, 2.24) is 9.88 Å². The van der Waals surface area contributed by atoms with E-state index in [1.807, 2.05) is 18.2 Å². The Bertz CT molecular complexity index is 778. The summed E-state index contributed by atoms with van der Waals surface area (Å²) in [6.07, 6.45) is 2.80. The minimum atomic E-state index is -1.14. The van der Waals surface area contributed by atoms with E-state index in [0.717, 1.165) is 24.8 Å². The molecule has 0 saturated carbocycles. The third kappa shape index (κ3) is 3.41. The SMILES string of the molecule is O=C(O)c1cccc(C(=O)N2CCCCC2c2cccc(Cl)c2)n1. The van der Waals surface area contributed by atoms with Crippen molar-refractivity contribution in [1.29, 1.82) is 0 Å². The lowest BCUT2D eigenvalue weighted by Crippen LogP contribution is -2.39. The van der Waals surface area contributed by atoms with Crippen LogP contribution in [-0.2, 0) is 0 Å². The van der Waals surface area contributed by atoms with Crippen LogP contribution in [0.25, 0.3) is 0 Å². The lowest BCUT2D eigenvalue weighted by molar-refractivity contribution is 0.0605. The molecular formula is C18H17ClN2O3. The molecule has 0 aliphatic carbocycles. The Morgan fingerprint density at radius 2 is 1.88 bits per heavy atom. The van der Waals surface area contributed by atoms with Gasteiger partial charge in [0.1, 0.15) is 11.4 Å². The number of carboxylic acids is 1. The van der Waals surface area contributed by atoms with Gasteiger partial charge in [-0.2, -0.15) is 0 Å². The van der Waals surface area contributed by atoms with E-state index in [1.165, 1.54) is 6.07 Å². The van der Waals surface area contributed by atoms with Crippen molar-refractivity contribution in [2.45, 2.75) is 25.3 Å². The molecule has 2 heterocycles. The number of carbonyl (C=O) groups is 2. The average molecular weight is 345 g/mol. The molecule has 1 N–H and O–H groups in total. The fourth-order valence-electron chi connectivity index (χ4n) is 3.06. The maximum atomic E-state index is 12.9. The fourth-order valence-corrected chi connectivity index (χ4v) is 3.25. The maximum Gasteiger partial charge on any atom is 0.354 e. The van der Waals surface area contributed by atoms with Crippen molar-refractivity contribution >= 4 is 23.5 Å². The number of halogens is 1. The van der Waals surface area contributed by atoms with Crippen LogP contribution in [-0.4, -0.2) is 33.4 Å². The Hall–Kier alpha value is -2.40. The van der Waals surface area contributed by atoms with E-state index in [0.29, 0.717) is 11.6 Å². The summed E-state index contributed by atoms with van der Waals surface area (Å²) in [4.78, 5) is 29.7. The Kier molecular flexibility index (Phi) is 4.81. The van der Waals surface area contributed by atoms with Crippen LogP contribution < -0.4 is 0 Å². The van der Waals surface area contributed by atoms with Gasteiger partial charge in [-0.3, -0.25) is 4.79 Å². The Labute approximate surface area is 144 Å². The maximum absolute atomic E-state index is 12.9. The first kappa shape index (κ1) is 16.5. The average Bonchev–Trinajstić information content (AvgIpc) is 2.61. The summed E-state index contributed by atoms with van der Waals surface area (Å²) in [5.74, 6) is -1.39. The van der Waals surface area contributed by atoms with Crippen molar-refractivity contribution in [2.75, 3.05) is 6.54 Å². The number of amides is 1. The summed E-state index contributed by atoms with van der Waals surface area (Å²) >= 11 is 6.08. The van der Waals surface area contributed by atoms with Crippen LogP contribution in [0.5, 0.6) is 0 Å². The normalized spacial score (nSPS) is 17.5. The summed E-state index contributed by atoms with van der Waals surface area (Å²) in [6.45, 7) is 0.620. The fraction of sp³-hybridized carbons (Fsp3) is 0.278. The van der Waals surface area contributed by atoms with Crippen LogP contribution in [0.4, 0.5) is 0 Å². The molecule has 0 spiro atoms. The zero-order chi connectivity index (χ0) is 17.1. The molecule has 1 fully saturated rings. The number of aromatic nitrogens is 1. The van der Waals surface area contributed by atoms with E-state index in [9.17, 15) is 9.59 Å². The van der Waals surface area contributed by atoms with Gasteiger partial charge in [0.05, 0.1) is 6.04 Å². The largest absolute Gasteiger partial charge is 0.477 e. The van der Waals surface area contributed by atoms with Crippen LogP contribution in [0.1, 0.15) is 51.8 Å². The minimum Gasteiger partial charge on any atom is -0.477 e. The second kappa shape index (κ2) is 7.01. The highest BCUT2D eigenvalue weighted by Crippen LogP contribution is 2.33. The van der Waals surface area contributed by atoms with Gasteiger partial charge in [0.15, 0.2) is 0 Å². The van der Waals surface area contributed by atoms with Crippen LogP contribution in [0, 0.1) is 0 Å². The number of hydrogen-bond donors (Lipinski definition) is 1. The van der Waals surface area contributed by atoms with Gasteiger partial charge in [-0.1, -0.05) is 29.8 Å². The van der Waals surface area contributed by atoms with Crippen LogP contribution in [0.3, 0.4) is 0 Å². The lowest BCUT2D eigenvalue weighted by Gasteiger charge is -2.36. The molecule has 24 heavy (non-hydrogen) atoms. The van der Waals surface area contributed by atoms with Gasteiger partial charge in [-0.15, -0.1) is 0 Å². The molecule has 0 radical (unpaired) electrons. The number of aromatic carboxylic acids is 1. The predicted molar refractivity (Wildman–Crippen MR) is 90.3 cm³/mol. The molecule has 1 aromatic heterocycles. The molecule has 1 aromatic carbocycles. The van der Waals surface area contributed by atoms with Gasteiger partial charge in [-0.25, -0.2) is 9.78 Å². The molecule has 1 aliphatic rings. The van der Waals surface area contributed by atoms with E-state index in [4.69, 9.17) is 16.7 Å². The first-order valence-electron chi connectivity index (χ1n) is 7.83. The molecule has 1 aliphatic heterocycles. The van der Waals surface area contributed by atoms with Crippen molar-refractivity contribution in [3.8, 4) is 0 Å². The highest BCUT2D eigenvalue weighted by atomic mass is 35.5. The monoisotopic (exact) mass is 344 g/mol. The second-order valence-electron chi connectivity index (χ2n) is 5.78. The summed E-state index contributed by atoms with van der Waals surface area (Å²) in [7, 11) is 0. The van der Waals surface area contributed by atoms with Crippen molar-refractivity contribution in [3.63, 3.8) is 0 Å². The summed E-state index contributed by atoms with van der Waals surface area (Å²) < 4.78 is 0. The number of carbonyl (C=O) groups excluding carboxylic acids is 1. The van der Waals surface area contributed by atoms with Crippen LogP contribution in [0.2, 0.25) is 5.02 Å². The van der Waals surface area contributed by atoms with Gasteiger partial charge in [0.2, 0.25) is 0 Å². The smallest absolute Gasteiger partial charge is 0.354 e. The van der Waals surface area contributed by atoms with E-state index in [1.54, 1.807) is 23.1 Å². The van der Waals surface area contributed by atoms with Crippen LogP contribution >= 0.6 is 11.6 Å². The lowest BCUT2D eigenvalue weighted by atomic mass is 9.95. The zero-order valence-corrected chi connectivity index (χ0v) is 13.7. The van der Waals surface area contributed by atoms with Crippen LogP contribution in [0.15, 0.2) is 42.5 Å². The van der Waals surface area contributed by atoms with Gasteiger partial charge in [-0.05, 0) is 49.1 Å². The molecule has 1 atom stereocenters. The highest BCUT2D eigenvalue weighted by molar-refractivity contribution is 6.30. The Morgan fingerprint density at radius 3 is 2.62 bits per heavy atom. The third-order valence-corrected chi connectivity index (χ3v) is 4.42. The summed E-state index contributed by atoms with van der Waals surface area (Å²) in [6, 6.07) is 11.9. The summed E-state index contributed by atoms with van der Waals surface area (Å²) in [5, 5.41) is 9.70. The van der Waals surface area contributed by atoms with Gasteiger partial charge in [0.25, 0.3) is 5.91 Å². The Balaban J connectivity index is 1.91. The third-order valence-electron chi connectivity index (χ3n) is 4.18. The molecule has 0 bridgehead atoms. The highest BCUT2D eigenvalue weighted by Gasteiger charge is 2.29. The summed E-state index contributed by atoms with van der Waals surface area (Å²) in [5.41, 5.74) is 1.02. The molecule has 6 heteroatoms. The number of pyridine rings is 1. The molecule has 1 saturated heterocycles. The molecule has 1 unspecified atom stereocenters. The molecule has 2 aromatic rings. The number of benzene rings is 1. The number of piperidine rings is 1. The molecule has 1 amide bonds. The Morgan fingerprint density at radius 1 is 1.12 bits per heavy atom. The standard InChI is InChI=1S/C18H17ClN2O3/c19-13-6-3-5-12(11-13)16-9-1-2-10-21(16)17(22)14-7-4-8-15(20-14)18(23)24/h3-8,11,16H,1-2,9-10H2,(H,23,24).